The van der Waals surface area contributed by atoms with Crippen LogP contribution in [0, 0.1) is 0 Å². The SMILES string of the molecule is C[C@H]1O[C@@H](c2cn(C3CCC3)c(=O)[nH]c2=O)[C@H](O)[C@@H]1O. The zero-order valence-electron chi connectivity index (χ0n) is 11.2. The molecule has 2 fully saturated rings. The number of hydrogen-bond donors (Lipinski definition) is 3. The summed E-state index contributed by atoms with van der Waals surface area (Å²) >= 11 is 0. The summed E-state index contributed by atoms with van der Waals surface area (Å²) in [5.74, 6) is 0. The highest BCUT2D eigenvalue weighted by Crippen LogP contribution is 2.33. The molecule has 4 atom stereocenters. The third kappa shape index (κ3) is 2.02. The van der Waals surface area contributed by atoms with Crippen LogP contribution in [-0.2, 0) is 4.74 Å². The molecule has 2 heterocycles. The smallest absolute Gasteiger partial charge is 0.328 e. The van der Waals surface area contributed by atoms with E-state index >= 15 is 0 Å². The lowest BCUT2D eigenvalue weighted by Crippen LogP contribution is -2.38. The number of ether oxygens (including phenoxy) is 1. The van der Waals surface area contributed by atoms with Crippen LogP contribution in [0.15, 0.2) is 15.8 Å². The molecule has 1 saturated carbocycles. The first-order valence-electron chi connectivity index (χ1n) is 6.86. The molecule has 0 aromatic carbocycles. The van der Waals surface area contributed by atoms with Crippen molar-refractivity contribution >= 4 is 0 Å². The summed E-state index contributed by atoms with van der Waals surface area (Å²) in [5, 5.41) is 19.7. The lowest BCUT2D eigenvalue weighted by atomic mass is 9.92. The first kappa shape index (κ1) is 13.5. The Kier molecular flexibility index (Phi) is 3.27. The van der Waals surface area contributed by atoms with E-state index in [0.717, 1.165) is 19.3 Å². The van der Waals surface area contributed by atoms with Gasteiger partial charge < -0.3 is 14.9 Å². The van der Waals surface area contributed by atoms with Crippen LogP contribution in [0.25, 0.3) is 0 Å². The third-order valence-corrected chi connectivity index (χ3v) is 4.27. The highest BCUT2D eigenvalue weighted by molar-refractivity contribution is 5.14. The fraction of sp³-hybridized carbons (Fsp3) is 0.692. The average molecular weight is 282 g/mol. The van der Waals surface area contributed by atoms with Crippen molar-refractivity contribution in [1.29, 1.82) is 0 Å². The van der Waals surface area contributed by atoms with E-state index in [1.165, 1.54) is 10.8 Å². The minimum atomic E-state index is -1.17. The Balaban J connectivity index is 2.01. The molecule has 1 aromatic rings. The predicted octanol–water partition coefficient (Wildman–Crippen LogP) is -0.557. The molecule has 3 N–H and O–H groups in total. The number of aliphatic hydroxyl groups is 2. The van der Waals surface area contributed by atoms with E-state index < -0.39 is 35.7 Å². The number of rotatable bonds is 2. The van der Waals surface area contributed by atoms with E-state index in [9.17, 15) is 19.8 Å². The molecule has 7 heteroatoms. The fourth-order valence-electron chi connectivity index (χ4n) is 2.75. The summed E-state index contributed by atoms with van der Waals surface area (Å²) < 4.78 is 6.94. The highest BCUT2D eigenvalue weighted by Gasteiger charge is 2.42. The normalized spacial score (nSPS) is 34.1. The molecule has 1 aliphatic heterocycles. The predicted molar refractivity (Wildman–Crippen MR) is 69.5 cm³/mol. The van der Waals surface area contributed by atoms with Crippen molar-refractivity contribution in [2.45, 2.75) is 56.6 Å². The molecule has 0 radical (unpaired) electrons. The van der Waals surface area contributed by atoms with E-state index in [2.05, 4.69) is 4.98 Å². The maximum absolute atomic E-state index is 11.9. The summed E-state index contributed by atoms with van der Waals surface area (Å²) in [5.41, 5.74) is -0.826. The summed E-state index contributed by atoms with van der Waals surface area (Å²) in [6.45, 7) is 1.63. The van der Waals surface area contributed by atoms with E-state index in [0.29, 0.717) is 0 Å². The van der Waals surface area contributed by atoms with Gasteiger partial charge in [0.05, 0.1) is 11.7 Å². The van der Waals surface area contributed by atoms with Crippen LogP contribution in [0.3, 0.4) is 0 Å². The first-order chi connectivity index (χ1) is 9.49. The van der Waals surface area contributed by atoms with Crippen LogP contribution < -0.4 is 11.2 Å². The number of aliphatic hydroxyl groups excluding tert-OH is 2. The van der Waals surface area contributed by atoms with E-state index in [1.807, 2.05) is 0 Å². The first-order valence-corrected chi connectivity index (χ1v) is 6.86. The molecule has 0 unspecified atom stereocenters. The molecule has 0 bridgehead atoms. The van der Waals surface area contributed by atoms with Gasteiger partial charge in [0.25, 0.3) is 5.56 Å². The topological polar surface area (TPSA) is 105 Å². The molecule has 3 rings (SSSR count). The van der Waals surface area contributed by atoms with Crippen LogP contribution in [0.2, 0.25) is 0 Å². The fourth-order valence-corrected chi connectivity index (χ4v) is 2.75. The van der Waals surface area contributed by atoms with Gasteiger partial charge in [0.15, 0.2) is 0 Å². The zero-order valence-corrected chi connectivity index (χ0v) is 11.2. The third-order valence-electron chi connectivity index (χ3n) is 4.27. The Hall–Kier alpha value is -1.44. The van der Waals surface area contributed by atoms with Crippen molar-refractivity contribution in [2.24, 2.45) is 0 Å². The molecule has 20 heavy (non-hydrogen) atoms. The average Bonchev–Trinajstić information content (AvgIpc) is 2.58. The zero-order chi connectivity index (χ0) is 14.4. The number of aromatic nitrogens is 2. The molecule has 7 nitrogen and oxygen atoms in total. The van der Waals surface area contributed by atoms with Gasteiger partial charge in [0, 0.05) is 12.2 Å². The van der Waals surface area contributed by atoms with Gasteiger partial charge in [-0.1, -0.05) is 0 Å². The molecule has 1 aromatic heterocycles. The summed E-state index contributed by atoms with van der Waals surface area (Å²) in [4.78, 5) is 26.0. The van der Waals surface area contributed by atoms with Crippen molar-refractivity contribution in [3.05, 3.63) is 32.6 Å². The van der Waals surface area contributed by atoms with Gasteiger partial charge in [0.2, 0.25) is 0 Å². The van der Waals surface area contributed by atoms with Crippen molar-refractivity contribution < 1.29 is 14.9 Å². The van der Waals surface area contributed by atoms with Crippen molar-refractivity contribution in [3.63, 3.8) is 0 Å². The maximum atomic E-state index is 11.9. The van der Waals surface area contributed by atoms with Gasteiger partial charge in [-0.15, -0.1) is 0 Å². The van der Waals surface area contributed by atoms with Gasteiger partial charge >= 0.3 is 5.69 Å². The molecular weight excluding hydrogens is 264 g/mol. The monoisotopic (exact) mass is 282 g/mol. The number of nitrogens with one attached hydrogen (secondary N) is 1. The molecule has 0 amide bonds. The Morgan fingerprint density at radius 2 is 2.00 bits per heavy atom. The molecule has 1 aliphatic carbocycles. The number of aromatic amines is 1. The van der Waals surface area contributed by atoms with Gasteiger partial charge in [-0.2, -0.15) is 0 Å². The minimum absolute atomic E-state index is 0.0963. The molecular formula is C13H18N2O5. The Bertz CT molecular complexity index is 618. The van der Waals surface area contributed by atoms with E-state index in [4.69, 9.17) is 4.74 Å². The largest absolute Gasteiger partial charge is 0.388 e. The number of hydrogen-bond acceptors (Lipinski definition) is 5. The van der Waals surface area contributed by atoms with Crippen LogP contribution in [-0.4, -0.2) is 38.1 Å². The second-order valence-corrected chi connectivity index (χ2v) is 5.58. The summed E-state index contributed by atoms with van der Waals surface area (Å²) in [6.07, 6.45) is 0.654. The molecule has 0 spiro atoms. The Morgan fingerprint density at radius 1 is 1.30 bits per heavy atom. The Morgan fingerprint density at radius 3 is 2.50 bits per heavy atom. The number of H-pyrrole nitrogens is 1. The Labute approximate surface area is 114 Å². The van der Waals surface area contributed by atoms with Gasteiger partial charge in [-0.05, 0) is 26.2 Å². The second-order valence-electron chi connectivity index (χ2n) is 5.58. The molecule has 110 valence electrons. The lowest BCUT2D eigenvalue weighted by Gasteiger charge is -2.28. The highest BCUT2D eigenvalue weighted by atomic mass is 16.5. The van der Waals surface area contributed by atoms with Gasteiger partial charge in [-0.25, -0.2) is 4.79 Å². The maximum Gasteiger partial charge on any atom is 0.328 e. The lowest BCUT2D eigenvalue weighted by molar-refractivity contribution is 0.0136. The minimum Gasteiger partial charge on any atom is -0.388 e. The van der Waals surface area contributed by atoms with Crippen LogP contribution in [0.1, 0.15) is 43.9 Å². The standard InChI is InChI=1S/C13H18N2O5/c1-6-9(16)10(17)11(20-6)8-5-15(7-3-2-4-7)13(19)14-12(8)18/h5-7,9-11,16-17H,2-4H2,1H3,(H,14,18,19)/t6-,9-,10-,11+/m1/s1. The van der Waals surface area contributed by atoms with E-state index in [1.54, 1.807) is 6.92 Å². The summed E-state index contributed by atoms with van der Waals surface area (Å²) in [6, 6.07) is 0.0963. The molecule has 1 saturated heterocycles. The van der Waals surface area contributed by atoms with Crippen molar-refractivity contribution in [2.75, 3.05) is 0 Å². The van der Waals surface area contributed by atoms with Crippen molar-refractivity contribution in [1.82, 2.24) is 9.55 Å². The van der Waals surface area contributed by atoms with Gasteiger partial charge in [-0.3, -0.25) is 14.3 Å². The van der Waals surface area contributed by atoms with Crippen molar-refractivity contribution in [3.8, 4) is 0 Å². The molecule has 2 aliphatic rings. The quantitative estimate of drug-likeness (QED) is 0.674. The van der Waals surface area contributed by atoms with Gasteiger partial charge in [0.1, 0.15) is 18.3 Å². The van der Waals surface area contributed by atoms with Crippen LogP contribution in [0.5, 0.6) is 0 Å². The second kappa shape index (κ2) is 4.83. The van der Waals surface area contributed by atoms with Crippen LogP contribution in [0.4, 0.5) is 0 Å². The van der Waals surface area contributed by atoms with E-state index in [-0.39, 0.29) is 11.6 Å². The van der Waals surface area contributed by atoms with Crippen LogP contribution >= 0.6 is 0 Å². The number of nitrogens with zero attached hydrogens (tertiary/aromatic N) is 1. The summed E-state index contributed by atoms with van der Waals surface area (Å²) in [7, 11) is 0.